The van der Waals surface area contributed by atoms with E-state index in [1.807, 2.05) is 30.3 Å². The summed E-state index contributed by atoms with van der Waals surface area (Å²) in [5.74, 6) is -0.267. The van der Waals surface area contributed by atoms with Crippen molar-refractivity contribution < 1.29 is 9.90 Å². The van der Waals surface area contributed by atoms with Crippen LogP contribution in [0.2, 0.25) is 0 Å². The van der Waals surface area contributed by atoms with Gasteiger partial charge in [0.2, 0.25) is 0 Å². The molecule has 0 aliphatic rings. The van der Waals surface area contributed by atoms with Crippen LogP contribution in [0.5, 0.6) is 0 Å². The van der Waals surface area contributed by atoms with Crippen molar-refractivity contribution in [1.29, 1.82) is 0 Å². The summed E-state index contributed by atoms with van der Waals surface area (Å²) >= 11 is 5.53. The first-order valence-electron chi connectivity index (χ1n) is 5.12. The lowest BCUT2D eigenvalue weighted by Crippen LogP contribution is -1.93. The van der Waals surface area contributed by atoms with Crippen LogP contribution in [0.1, 0.15) is 15.9 Å². The Labute approximate surface area is 105 Å². The first-order chi connectivity index (χ1) is 8.24. The van der Waals surface area contributed by atoms with E-state index in [1.54, 1.807) is 30.3 Å². The third kappa shape index (κ3) is 5.18. The molecule has 3 heteroatoms. The third-order valence-corrected chi connectivity index (χ3v) is 2.33. The van der Waals surface area contributed by atoms with Crippen molar-refractivity contribution in [2.75, 3.05) is 0 Å². The normalized spacial score (nSPS) is 9.00. The Morgan fingerprint density at radius 3 is 1.71 bits per heavy atom. The molecule has 0 radical (unpaired) electrons. The third-order valence-electron chi connectivity index (χ3n) is 2.02. The lowest BCUT2D eigenvalue weighted by atomic mass is 10.2. The second-order valence-corrected chi connectivity index (χ2v) is 3.56. The molecule has 0 unspecified atom stereocenters. The highest BCUT2D eigenvalue weighted by atomic mass is 35.5. The van der Waals surface area contributed by atoms with Gasteiger partial charge >= 0.3 is 5.97 Å². The first-order valence-corrected chi connectivity index (χ1v) is 5.65. The molecule has 0 aliphatic heterocycles. The lowest BCUT2D eigenvalue weighted by Gasteiger charge is -1.88. The Balaban J connectivity index is 0.000000171. The highest BCUT2D eigenvalue weighted by Gasteiger charge is 1.96. The molecule has 0 aromatic heterocycles. The molecule has 0 saturated heterocycles. The number of carbonyl (C=O) groups is 1. The number of carboxylic acid groups (broad SMARTS) is 1. The van der Waals surface area contributed by atoms with Gasteiger partial charge in [-0.05, 0) is 17.7 Å². The van der Waals surface area contributed by atoms with Crippen molar-refractivity contribution in [3.8, 4) is 0 Å². The number of halogens is 1. The Morgan fingerprint density at radius 1 is 0.941 bits per heavy atom. The minimum atomic E-state index is -0.879. The van der Waals surface area contributed by atoms with Crippen molar-refractivity contribution in [3.63, 3.8) is 0 Å². The van der Waals surface area contributed by atoms with Gasteiger partial charge in [-0.25, -0.2) is 4.79 Å². The topological polar surface area (TPSA) is 37.3 Å². The fourth-order valence-electron chi connectivity index (χ4n) is 1.15. The van der Waals surface area contributed by atoms with Crippen molar-refractivity contribution in [2.24, 2.45) is 0 Å². The van der Waals surface area contributed by atoms with Crippen LogP contribution in [0.3, 0.4) is 0 Å². The largest absolute Gasteiger partial charge is 0.478 e. The molecule has 88 valence electrons. The molecule has 1 N–H and O–H groups in total. The molecule has 2 aromatic rings. The molecule has 17 heavy (non-hydrogen) atoms. The highest BCUT2D eigenvalue weighted by molar-refractivity contribution is 6.17. The molecule has 0 atom stereocenters. The average molecular weight is 249 g/mol. The summed E-state index contributed by atoms with van der Waals surface area (Å²) in [5, 5.41) is 8.38. The van der Waals surface area contributed by atoms with E-state index in [2.05, 4.69) is 0 Å². The van der Waals surface area contributed by atoms with Crippen molar-refractivity contribution in [2.45, 2.75) is 5.88 Å². The van der Waals surface area contributed by atoms with Crippen LogP contribution >= 0.6 is 11.6 Å². The highest BCUT2D eigenvalue weighted by Crippen LogP contribution is 2.00. The van der Waals surface area contributed by atoms with Gasteiger partial charge in [-0.1, -0.05) is 48.5 Å². The van der Waals surface area contributed by atoms with E-state index < -0.39 is 5.97 Å². The quantitative estimate of drug-likeness (QED) is 0.821. The molecular weight excluding hydrogens is 236 g/mol. The molecule has 2 aromatic carbocycles. The van der Waals surface area contributed by atoms with E-state index in [-0.39, 0.29) is 0 Å². The fraction of sp³-hybridized carbons (Fsp3) is 0.0714. The van der Waals surface area contributed by atoms with Crippen LogP contribution < -0.4 is 0 Å². The standard InChI is InChI=1S/C7H7Cl.C7H6O2/c8-6-7-4-2-1-3-5-7;8-7(9)6-4-2-1-3-5-6/h1-5H,6H2;1-5H,(H,8,9). The Morgan fingerprint density at radius 2 is 1.41 bits per heavy atom. The molecule has 0 aliphatic carbocycles. The van der Waals surface area contributed by atoms with Crippen LogP contribution in [0.15, 0.2) is 60.7 Å². The van der Waals surface area contributed by atoms with Crippen molar-refractivity contribution in [3.05, 3.63) is 71.8 Å². The number of rotatable bonds is 2. The maximum atomic E-state index is 10.2. The molecule has 0 heterocycles. The predicted molar refractivity (Wildman–Crippen MR) is 69.4 cm³/mol. The van der Waals surface area contributed by atoms with Crippen LogP contribution in [-0.4, -0.2) is 11.1 Å². The SMILES string of the molecule is ClCc1ccccc1.O=C(O)c1ccccc1. The second kappa shape index (κ2) is 7.47. The number of benzene rings is 2. The zero-order chi connectivity index (χ0) is 12.5. The van der Waals surface area contributed by atoms with Crippen LogP contribution in [0, 0.1) is 0 Å². The van der Waals surface area contributed by atoms with Gasteiger partial charge < -0.3 is 5.11 Å². The zero-order valence-corrected chi connectivity index (χ0v) is 9.97. The number of carboxylic acids is 1. The Hall–Kier alpha value is -1.80. The van der Waals surface area contributed by atoms with Gasteiger partial charge in [0.1, 0.15) is 0 Å². The van der Waals surface area contributed by atoms with Crippen LogP contribution in [0.4, 0.5) is 0 Å². The van der Waals surface area contributed by atoms with E-state index in [9.17, 15) is 4.79 Å². The summed E-state index contributed by atoms with van der Waals surface area (Å²) in [6.07, 6.45) is 0. The number of alkyl halides is 1. The van der Waals surface area contributed by atoms with E-state index in [4.69, 9.17) is 16.7 Å². The summed E-state index contributed by atoms with van der Waals surface area (Å²) in [5.41, 5.74) is 1.51. The van der Waals surface area contributed by atoms with Crippen LogP contribution in [-0.2, 0) is 5.88 Å². The Kier molecular flexibility index (Phi) is 5.83. The number of hydrogen-bond donors (Lipinski definition) is 1. The molecule has 2 nitrogen and oxygen atoms in total. The number of hydrogen-bond acceptors (Lipinski definition) is 1. The van der Waals surface area contributed by atoms with Gasteiger partial charge in [0, 0.05) is 5.88 Å². The van der Waals surface area contributed by atoms with Gasteiger partial charge in [-0.2, -0.15) is 0 Å². The molecule has 0 amide bonds. The molecule has 2 rings (SSSR count). The Bertz CT molecular complexity index is 440. The summed E-state index contributed by atoms with van der Waals surface area (Å²) in [6, 6.07) is 18.3. The lowest BCUT2D eigenvalue weighted by molar-refractivity contribution is 0.0697. The molecule has 0 spiro atoms. The summed E-state index contributed by atoms with van der Waals surface area (Å²) in [4.78, 5) is 10.2. The predicted octanol–water partition coefficient (Wildman–Crippen LogP) is 3.81. The average Bonchev–Trinajstić information content (AvgIpc) is 2.41. The van der Waals surface area contributed by atoms with Gasteiger partial charge in [-0.15, -0.1) is 11.6 Å². The van der Waals surface area contributed by atoms with Crippen molar-refractivity contribution >= 4 is 17.6 Å². The minimum absolute atomic E-state index is 0.331. The molecular formula is C14H13ClO2. The fourth-order valence-corrected chi connectivity index (χ4v) is 1.33. The maximum Gasteiger partial charge on any atom is 0.335 e. The van der Waals surface area contributed by atoms with Gasteiger partial charge in [0.05, 0.1) is 5.56 Å². The molecule has 0 bridgehead atoms. The molecule has 0 fully saturated rings. The van der Waals surface area contributed by atoms with Crippen LogP contribution in [0.25, 0.3) is 0 Å². The van der Waals surface area contributed by atoms with Crippen molar-refractivity contribution in [1.82, 2.24) is 0 Å². The van der Waals surface area contributed by atoms with E-state index in [0.717, 1.165) is 0 Å². The van der Waals surface area contributed by atoms with E-state index >= 15 is 0 Å². The number of aromatic carboxylic acids is 1. The minimum Gasteiger partial charge on any atom is -0.478 e. The monoisotopic (exact) mass is 248 g/mol. The molecule has 0 saturated carbocycles. The maximum absolute atomic E-state index is 10.2. The van der Waals surface area contributed by atoms with E-state index in [0.29, 0.717) is 11.4 Å². The van der Waals surface area contributed by atoms with E-state index in [1.165, 1.54) is 5.56 Å². The van der Waals surface area contributed by atoms with Gasteiger partial charge in [0.15, 0.2) is 0 Å². The van der Waals surface area contributed by atoms with Gasteiger partial charge in [0.25, 0.3) is 0 Å². The summed E-state index contributed by atoms with van der Waals surface area (Å²) in [6.45, 7) is 0. The summed E-state index contributed by atoms with van der Waals surface area (Å²) in [7, 11) is 0. The first kappa shape index (κ1) is 13.3. The zero-order valence-electron chi connectivity index (χ0n) is 9.21. The summed E-state index contributed by atoms with van der Waals surface area (Å²) < 4.78 is 0. The van der Waals surface area contributed by atoms with Gasteiger partial charge in [-0.3, -0.25) is 0 Å². The smallest absolute Gasteiger partial charge is 0.335 e. The second-order valence-electron chi connectivity index (χ2n) is 3.29.